The van der Waals surface area contributed by atoms with Crippen molar-refractivity contribution in [1.29, 1.82) is 0 Å². The van der Waals surface area contributed by atoms with Crippen LogP contribution in [0.2, 0.25) is 0 Å². The lowest BCUT2D eigenvalue weighted by Crippen LogP contribution is -2.43. The van der Waals surface area contributed by atoms with E-state index in [1.54, 1.807) is 11.3 Å². The number of nitrogens with zero attached hydrogens (tertiary/aromatic N) is 2. The van der Waals surface area contributed by atoms with Crippen LogP contribution in [0.3, 0.4) is 0 Å². The van der Waals surface area contributed by atoms with Crippen molar-refractivity contribution in [3.05, 3.63) is 45.4 Å². The first-order chi connectivity index (χ1) is 13.0. The van der Waals surface area contributed by atoms with Crippen LogP contribution in [0.25, 0.3) is 0 Å². The van der Waals surface area contributed by atoms with E-state index >= 15 is 0 Å². The number of thiophene rings is 1. The molecule has 0 aliphatic carbocycles. The van der Waals surface area contributed by atoms with E-state index in [4.69, 9.17) is 0 Å². The maximum Gasteiger partial charge on any atom is 0.255 e. The smallest absolute Gasteiger partial charge is 0.255 e. The fourth-order valence-corrected chi connectivity index (χ4v) is 4.42. The van der Waals surface area contributed by atoms with Crippen molar-refractivity contribution in [2.45, 2.75) is 46.6 Å². The number of aryl methyl sites for hydroxylation is 1. The number of amides is 2. The van der Waals surface area contributed by atoms with E-state index in [-0.39, 0.29) is 17.7 Å². The van der Waals surface area contributed by atoms with Gasteiger partial charge < -0.3 is 14.8 Å². The topological polar surface area (TPSA) is 54.3 Å². The minimum absolute atomic E-state index is 0.0341. The Morgan fingerprint density at radius 1 is 1.26 bits per heavy atom. The maximum atomic E-state index is 13.1. The van der Waals surface area contributed by atoms with Crippen molar-refractivity contribution in [3.8, 4) is 0 Å². The van der Waals surface area contributed by atoms with Crippen LogP contribution >= 0.6 is 11.3 Å². The number of aromatic nitrogens is 1. The third-order valence-electron chi connectivity index (χ3n) is 5.40. The summed E-state index contributed by atoms with van der Waals surface area (Å²) in [6, 6.07) is 6.19. The third kappa shape index (κ3) is 4.43. The third-order valence-corrected chi connectivity index (χ3v) is 6.26. The van der Waals surface area contributed by atoms with Crippen LogP contribution in [0, 0.1) is 19.8 Å². The van der Waals surface area contributed by atoms with Crippen LogP contribution < -0.4 is 5.32 Å². The molecule has 1 aliphatic heterocycles. The Kier molecular flexibility index (Phi) is 6.37. The van der Waals surface area contributed by atoms with Gasteiger partial charge in [0.25, 0.3) is 5.91 Å². The summed E-state index contributed by atoms with van der Waals surface area (Å²) in [6.45, 7) is 8.97. The Labute approximate surface area is 165 Å². The molecule has 27 heavy (non-hydrogen) atoms. The normalized spacial score (nSPS) is 15.1. The average molecular weight is 388 g/mol. The lowest BCUT2D eigenvalue weighted by molar-refractivity contribution is -0.126. The number of hydrogen-bond donors (Lipinski definition) is 1. The first-order valence-corrected chi connectivity index (χ1v) is 10.6. The fraction of sp³-hybridized carbons (Fsp3) is 0.524. The number of rotatable bonds is 6. The lowest BCUT2D eigenvalue weighted by atomic mass is 9.95. The largest absolute Gasteiger partial charge is 0.356 e. The molecule has 6 heteroatoms. The summed E-state index contributed by atoms with van der Waals surface area (Å²) in [5.41, 5.74) is 2.92. The number of nitrogens with one attached hydrogen (secondary N) is 1. The zero-order valence-electron chi connectivity index (χ0n) is 16.5. The average Bonchev–Trinajstić information content (AvgIpc) is 3.29. The molecule has 5 nitrogen and oxygen atoms in total. The number of carbonyl (C=O) groups is 2. The second-order valence-electron chi connectivity index (χ2n) is 7.31. The van der Waals surface area contributed by atoms with E-state index in [9.17, 15) is 9.59 Å². The predicted molar refractivity (Wildman–Crippen MR) is 109 cm³/mol. The molecule has 3 heterocycles. The highest BCUT2D eigenvalue weighted by Crippen LogP contribution is 2.24. The van der Waals surface area contributed by atoms with E-state index in [1.165, 1.54) is 4.88 Å². The van der Waals surface area contributed by atoms with Gasteiger partial charge in [-0.15, -0.1) is 11.3 Å². The monoisotopic (exact) mass is 387 g/mol. The Bertz CT molecular complexity index is 787. The van der Waals surface area contributed by atoms with Gasteiger partial charge in [-0.2, -0.15) is 0 Å². The summed E-state index contributed by atoms with van der Waals surface area (Å²) in [7, 11) is 0. The molecule has 0 saturated carbocycles. The Hall–Kier alpha value is -2.08. The van der Waals surface area contributed by atoms with E-state index in [1.807, 2.05) is 17.9 Å². The molecule has 2 amide bonds. The Morgan fingerprint density at radius 2 is 2.00 bits per heavy atom. The molecule has 0 atom stereocenters. The summed E-state index contributed by atoms with van der Waals surface area (Å²) >= 11 is 1.74. The van der Waals surface area contributed by atoms with Gasteiger partial charge in [0, 0.05) is 41.8 Å². The zero-order valence-corrected chi connectivity index (χ0v) is 17.3. The predicted octanol–water partition coefficient (Wildman–Crippen LogP) is 3.59. The van der Waals surface area contributed by atoms with Crippen molar-refractivity contribution in [1.82, 2.24) is 14.8 Å². The van der Waals surface area contributed by atoms with Crippen LogP contribution in [0.4, 0.5) is 0 Å². The van der Waals surface area contributed by atoms with Crippen molar-refractivity contribution in [2.75, 3.05) is 19.6 Å². The summed E-state index contributed by atoms with van der Waals surface area (Å²) < 4.78 is 2.21. The molecular formula is C21H29N3O2S. The van der Waals surface area contributed by atoms with E-state index in [0.717, 1.165) is 49.3 Å². The number of likely N-dealkylation sites (tertiary alicyclic amines) is 1. The highest BCUT2D eigenvalue weighted by Gasteiger charge is 2.29. The highest BCUT2D eigenvalue weighted by molar-refractivity contribution is 7.09. The molecule has 2 aromatic heterocycles. The van der Waals surface area contributed by atoms with Gasteiger partial charge in [-0.3, -0.25) is 9.59 Å². The van der Waals surface area contributed by atoms with Gasteiger partial charge in [0.05, 0.1) is 12.1 Å². The molecule has 2 aromatic rings. The maximum absolute atomic E-state index is 13.1. The van der Waals surface area contributed by atoms with Crippen molar-refractivity contribution >= 4 is 23.2 Å². The summed E-state index contributed by atoms with van der Waals surface area (Å²) in [6.07, 6.45) is 2.44. The molecule has 1 aliphatic rings. The molecule has 3 rings (SSSR count). The SMILES string of the molecule is CCCNC(=O)C1CCN(C(=O)c2cc(C)n(Cc3cccs3)c2C)CC1. The zero-order chi connectivity index (χ0) is 19.4. The molecule has 1 fully saturated rings. The number of carbonyl (C=O) groups excluding carboxylic acids is 2. The van der Waals surface area contributed by atoms with Gasteiger partial charge in [0.2, 0.25) is 5.91 Å². The highest BCUT2D eigenvalue weighted by atomic mass is 32.1. The van der Waals surface area contributed by atoms with Gasteiger partial charge in [-0.05, 0) is 50.6 Å². The van der Waals surface area contributed by atoms with Crippen molar-refractivity contribution < 1.29 is 9.59 Å². The van der Waals surface area contributed by atoms with Crippen LogP contribution in [-0.4, -0.2) is 40.9 Å². The van der Waals surface area contributed by atoms with Crippen LogP contribution in [0.5, 0.6) is 0 Å². The molecular weight excluding hydrogens is 358 g/mol. The summed E-state index contributed by atoms with van der Waals surface area (Å²) in [4.78, 5) is 28.4. The standard InChI is InChI=1S/C21H29N3O2S/c1-4-9-22-20(25)17-7-10-23(11-8-17)21(26)19-13-15(2)24(16(19)3)14-18-6-5-12-27-18/h5-6,12-13,17H,4,7-11,14H2,1-3H3,(H,22,25). The van der Waals surface area contributed by atoms with Crippen LogP contribution in [-0.2, 0) is 11.3 Å². The lowest BCUT2D eigenvalue weighted by Gasteiger charge is -2.31. The Morgan fingerprint density at radius 3 is 2.63 bits per heavy atom. The van der Waals surface area contributed by atoms with Crippen molar-refractivity contribution in [2.24, 2.45) is 5.92 Å². The molecule has 0 spiro atoms. The molecule has 0 radical (unpaired) electrons. The molecule has 0 bridgehead atoms. The summed E-state index contributed by atoms with van der Waals surface area (Å²) in [5.74, 6) is 0.262. The first kappa shape index (κ1) is 19.7. The van der Waals surface area contributed by atoms with Crippen LogP contribution in [0.15, 0.2) is 23.6 Å². The minimum atomic E-state index is 0.0341. The van der Waals surface area contributed by atoms with Gasteiger partial charge in [-0.25, -0.2) is 0 Å². The summed E-state index contributed by atoms with van der Waals surface area (Å²) in [5, 5.41) is 5.05. The van der Waals surface area contributed by atoms with Gasteiger partial charge in [0.1, 0.15) is 0 Å². The molecule has 1 saturated heterocycles. The Balaban J connectivity index is 1.64. The first-order valence-electron chi connectivity index (χ1n) is 9.77. The van der Waals surface area contributed by atoms with Gasteiger partial charge in [-0.1, -0.05) is 13.0 Å². The van der Waals surface area contributed by atoms with E-state index in [2.05, 4.69) is 41.2 Å². The van der Waals surface area contributed by atoms with Crippen LogP contribution in [0.1, 0.15) is 52.8 Å². The van der Waals surface area contributed by atoms with E-state index in [0.29, 0.717) is 13.1 Å². The number of piperidine rings is 1. The number of hydrogen-bond acceptors (Lipinski definition) is 3. The van der Waals surface area contributed by atoms with Gasteiger partial charge >= 0.3 is 0 Å². The second kappa shape index (κ2) is 8.74. The quantitative estimate of drug-likeness (QED) is 0.823. The fourth-order valence-electron chi connectivity index (χ4n) is 3.73. The molecule has 146 valence electrons. The second-order valence-corrected chi connectivity index (χ2v) is 8.34. The van der Waals surface area contributed by atoms with E-state index < -0.39 is 0 Å². The van der Waals surface area contributed by atoms with Crippen molar-refractivity contribution in [3.63, 3.8) is 0 Å². The molecule has 0 aromatic carbocycles. The van der Waals surface area contributed by atoms with Gasteiger partial charge in [0.15, 0.2) is 0 Å². The molecule has 0 unspecified atom stereocenters. The molecule has 1 N–H and O–H groups in total. The minimum Gasteiger partial charge on any atom is -0.356 e.